The van der Waals surface area contributed by atoms with Crippen LogP contribution >= 0.6 is 0 Å². The summed E-state index contributed by atoms with van der Waals surface area (Å²) >= 11 is 0. The minimum Gasteiger partial charge on any atom is -0.493 e. The molecule has 0 spiro atoms. The third-order valence-electron chi connectivity index (χ3n) is 5.56. The van der Waals surface area contributed by atoms with Gasteiger partial charge in [0.2, 0.25) is 0 Å². The highest BCUT2D eigenvalue weighted by Crippen LogP contribution is 2.24. The lowest BCUT2D eigenvalue weighted by Crippen LogP contribution is -2.24. The second kappa shape index (κ2) is 10.6. The van der Waals surface area contributed by atoms with Gasteiger partial charge in [0.15, 0.2) is 0 Å². The van der Waals surface area contributed by atoms with Gasteiger partial charge in [0.1, 0.15) is 5.75 Å². The first-order valence-corrected chi connectivity index (χ1v) is 12.4. The number of hydrogen-bond acceptors (Lipinski definition) is 3. The molecule has 0 fully saturated rings. The predicted molar refractivity (Wildman–Crippen MR) is 131 cm³/mol. The van der Waals surface area contributed by atoms with Crippen LogP contribution in [-0.2, 0) is 30.5 Å². The minimum atomic E-state index is -1.03. The first-order chi connectivity index (χ1) is 15.6. The molecular weight excluding hydrogens is 418 g/mol. The summed E-state index contributed by atoms with van der Waals surface area (Å²) in [7, 11) is -1.03. The number of benzene rings is 3. The Kier molecular flexibility index (Phi) is 7.35. The van der Waals surface area contributed by atoms with Gasteiger partial charge in [-0.15, -0.1) is 0 Å². The molecular formula is C26H29N3O2S. The van der Waals surface area contributed by atoms with Gasteiger partial charge in [-0.05, 0) is 34.0 Å². The smallest absolute Gasteiger partial charge is 0.124 e. The molecule has 0 saturated heterocycles. The van der Waals surface area contributed by atoms with Crippen LogP contribution in [0.2, 0.25) is 0 Å². The van der Waals surface area contributed by atoms with Crippen molar-refractivity contribution in [3.8, 4) is 5.75 Å². The van der Waals surface area contributed by atoms with E-state index < -0.39 is 11.0 Å². The Hall–Kier alpha value is -2.96. The molecule has 1 heterocycles. The third-order valence-corrected chi connectivity index (χ3v) is 6.68. The Morgan fingerprint density at radius 2 is 1.81 bits per heavy atom. The maximum absolute atomic E-state index is 12.1. The molecule has 0 radical (unpaired) electrons. The van der Waals surface area contributed by atoms with E-state index in [1.807, 2.05) is 28.2 Å². The van der Waals surface area contributed by atoms with Crippen LogP contribution in [0.1, 0.15) is 23.6 Å². The molecule has 0 aliphatic heterocycles. The number of fused-ring (bicyclic) bond motifs is 1. The zero-order valence-electron chi connectivity index (χ0n) is 18.6. The molecule has 4 rings (SSSR count). The van der Waals surface area contributed by atoms with Gasteiger partial charge < -0.3 is 4.74 Å². The van der Waals surface area contributed by atoms with E-state index in [1.165, 1.54) is 16.3 Å². The Morgan fingerprint density at radius 1 is 1.00 bits per heavy atom. The fourth-order valence-electron chi connectivity index (χ4n) is 3.79. The van der Waals surface area contributed by atoms with E-state index in [0.717, 1.165) is 23.3 Å². The number of nitrogens with zero attached hydrogens (tertiary/aromatic N) is 3. The summed E-state index contributed by atoms with van der Waals surface area (Å²) in [6.45, 7) is 4.60. The highest BCUT2D eigenvalue weighted by Gasteiger charge is 2.13. The largest absolute Gasteiger partial charge is 0.493 e. The van der Waals surface area contributed by atoms with Crippen molar-refractivity contribution in [3.05, 3.63) is 95.8 Å². The molecule has 1 unspecified atom stereocenters. The van der Waals surface area contributed by atoms with Crippen molar-refractivity contribution in [2.24, 2.45) is 0 Å². The van der Waals surface area contributed by atoms with E-state index in [0.29, 0.717) is 26.2 Å². The molecule has 0 aliphatic carbocycles. The van der Waals surface area contributed by atoms with Crippen molar-refractivity contribution in [1.29, 1.82) is 0 Å². The van der Waals surface area contributed by atoms with E-state index in [9.17, 15) is 4.21 Å². The maximum atomic E-state index is 12.1. The lowest BCUT2D eigenvalue weighted by molar-refractivity contribution is 0.314. The summed E-state index contributed by atoms with van der Waals surface area (Å²) in [6, 6.07) is 23.1. The normalized spacial score (nSPS) is 12.3. The van der Waals surface area contributed by atoms with Gasteiger partial charge >= 0.3 is 0 Å². The summed E-state index contributed by atoms with van der Waals surface area (Å²) in [5, 5.41) is 6.80. The molecule has 5 nitrogen and oxygen atoms in total. The van der Waals surface area contributed by atoms with Gasteiger partial charge in [-0.3, -0.25) is 4.68 Å². The SMILES string of the molecule is CCN(Cc1ccc(Cn2cccn2)cc1OCCc1ccc2ccccc2c1)S(C)=O. The van der Waals surface area contributed by atoms with Crippen LogP contribution in [0, 0.1) is 0 Å². The van der Waals surface area contributed by atoms with Crippen LogP contribution < -0.4 is 4.74 Å². The van der Waals surface area contributed by atoms with Crippen molar-refractivity contribution in [2.45, 2.75) is 26.4 Å². The molecule has 6 heteroatoms. The molecule has 4 aromatic rings. The summed E-state index contributed by atoms with van der Waals surface area (Å²) in [5.41, 5.74) is 3.42. The first kappa shape index (κ1) is 22.2. The van der Waals surface area contributed by atoms with Crippen LogP contribution in [0.5, 0.6) is 5.75 Å². The van der Waals surface area contributed by atoms with Crippen LogP contribution in [0.15, 0.2) is 79.1 Å². The molecule has 0 bridgehead atoms. The molecule has 166 valence electrons. The fraction of sp³-hybridized carbons (Fsp3) is 0.269. The zero-order chi connectivity index (χ0) is 22.3. The van der Waals surface area contributed by atoms with E-state index in [4.69, 9.17) is 4.74 Å². The molecule has 1 atom stereocenters. The molecule has 0 N–H and O–H groups in total. The molecule has 3 aromatic carbocycles. The highest BCUT2D eigenvalue weighted by molar-refractivity contribution is 7.81. The molecule has 1 aromatic heterocycles. The molecule has 0 saturated carbocycles. The van der Waals surface area contributed by atoms with E-state index in [2.05, 4.69) is 65.8 Å². The zero-order valence-corrected chi connectivity index (χ0v) is 19.4. The Labute approximate surface area is 192 Å². The van der Waals surface area contributed by atoms with Gasteiger partial charge in [0.05, 0.1) is 24.1 Å². The van der Waals surface area contributed by atoms with Crippen LogP contribution in [-0.4, -0.2) is 37.7 Å². The van der Waals surface area contributed by atoms with E-state index in [1.54, 1.807) is 12.5 Å². The van der Waals surface area contributed by atoms with Crippen molar-refractivity contribution in [1.82, 2.24) is 14.1 Å². The van der Waals surface area contributed by atoms with Crippen molar-refractivity contribution >= 4 is 21.8 Å². The second-order valence-electron chi connectivity index (χ2n) is 7.81. The third kappa shape index (κ3) is 5.64. The molecule has 0 aliphatic rings. The lowest BCUT2D eigenvalue weighted by Gasteiger charge is -2.20. The van der Waals surface area contributed by atoms with Crippen molar-refractivity contribution < 1.29 is 8.95 Å². The minimum absolute atomic E-state index is 0.581. The van der Waals surface area contributed by atoms with Gasteiger partial charge in [0, 0.05) is 43.7 Å². The quantitative estimate of drug-likeness (QED) is 0.350. The van der Waals surface area contributed by atoms with Gasteiger partial charge in [-0.1, -0.05) is 61.5 Å². The second-order valence-corrected chi connectivity index (χ2v) is 9.17. The average Bonchev–Trinajstić information content (AvgIpc) is 3.31. The van der Waals surface area contributed by atoms with E-state index >= 15 is 0 Å². The standard InChI is InChI=1S/C26H29N3O2S/c1-3-29(32(2)30)20-25-12-10-22(19-28-15-6-14-27-28)18-26(25)31-16-13-21-9-11-23-7-4-5-8-24(23)17-21/h4-12,14-15,17-18H,3,13,16,19-20H2,1-2H3. The Bertz CT molecular complexity index is 1190. The number of ether oxygens (including phenoxy) is 1. The summed E-state index contributed by atoms with van der Waals surface area (Å²) in [5.74, 6) is 0.847. The Morgan fingerprint density at radius 3 is 2.56 bits per heavy atom. The van der Waals surface area contributed by atoms with Gasteiger partial charge in [-0.2, -0.15) is 5.10 Å². The average molecular weight is 448 g/mol. The van der Waals surface area contributed by atoms with Crippen molar-refractivity contribution in [2.75, 3.05) is 19.4 Å². The van der Waals surface area contributed by atoms with Crippen LogP contribution in [0.4, 0.5) is 0 Å². The highest BCUT2D eigenvalue weighted by atomic mass is 32.2. The van der Waals surface area contributed by atoms with Crippen molar-refractivity contribution in [3.63, 3.8) is 0 Å². The van der Waals surface area contributed by atoms with E-state index in [-0.39, 0.29) is 0 Å². The van der Waals surface area contributed by atoms with Crippen LogP contribution in [0.25, 0.3) is 10.8 Å². The molecule has 32 heavy (non-hydrogen) atoms. The topological polar surface area (TPSA) is 47.4 Å². The predicted octanol–water partition coefficient (Wildman–Crippen LogP) is 4.82. The summed E-state index contributed by atoms with van der Waals surface area (Å²) in [4.78, 5) is 0. The fourth-order valence-corrected chi connectivity index (χ4v) is 4.48. The Balaban J connectivity index is 1.50. The first-order valence-electron chi connectivity index (χ1n) is 10.9. The number of aromatic nitrogens is 2. The number of rotatable bonds is 10. The maximum Gasteiger partial charge on any atom is 0.124 e. The van der Waals surface area contributed by atoms with Gasteiger partial charge in [-0.25, -0.2) is 8.51 Å². The van der Waals surface area contributed by atoms with Crippen LogP contribution in [0.3, 0.4) is 0 Å². The number of hydrogen-bond donors (Lipinski definition) is 0. The monoisotopic (exact) mass is 447 g/mol. The summed E-state index contributed by atoms with van der Waals surface area (Å²) in [6.07, 6.45) is 6.28. The lowest BCUT2D eigenvalue weighted by atomic mass is 10.1. The summed E-state index contributed by atoms with van der Waals surface area (Å²) < 4.78 is 22.2. The van der Waals surface area contributed by atoms with Gasteiger partial charge in [0.25, 0.3) is 0 Å². The molecule has 0 amide bonds.